The molecule has 0 radical (unpaired) electrons. The molecule has 56 heavy (non-hydrogen) atoms. The number of aliphatic hydroxyl groups excluding tert-OH is 2. The molecule has 0 saturated heterocycles. The van der Waals surface area contributed by atoms with Gasteiger partial charge in [-0.05, 0) is 38.5 Å². The van der Waals surface area contributed by atoms with Crippen molar-refractivity contribution in [1.29, 1.82) is 0 Å². The van der Waals surface area contributed by atoms with E-state index in [2.05, 4.69) is 38.2 Å². The van der Waals surface area contributed by atoms with E-state index in [1.807, 2.05) is 60.8 Å². The Morgan fingerprint density at radius 1 is 0.536 bits per heavy atom. The monoisotopic (exact) mass is 782 g/mol. The summed E-state index contributed by atoms with van der Waals surface area (Å²) in [5, 5.41) is 23.6. The Bertz CT molecular complexity index is 1060. The zero-order valence-corrected chi connectivity index (χ0v) is 36.5. The summed E-state index contributed by atoms with van der Waals surface area (Å²) in [4.78, 5) is 26.0. The SMILES string of the molecule is CC\C=C/C=C/C=C/C=C\C=C\C=C\CCCC(CC(=O)NC(CO)C(O)CCCCCCCCCCC)OC(=O)CCCCCCCCCCCCCCC. The van der Waals surface area contributed by atoms with E-state index in [4.69, 9.17) is 4.74 Å². The molecule has 0 spiro atoms. The van der Waals surface area contributed by atoms with Gasteiger partial charge in [-0.25, -0.2) is 0 Å². The molecule has 0 aromatic rings. The van der Waals surface area contributed by atoms with Gasteiger partial charge in [-0.2, -0.15) is 0 Å². The molecule has 0 aliphatic rings. The molecule has 1 amide bonds. The van der Waals surface area contributed by atoms with Crippen LogP contribution in [0.3, 0.4) is 0 Å². The highest BCUT2D eigenvalue weighted by Crippen LogP contribution is 2.17. The van der Waals surface area contributed by atoms with Crippen LogP contribution in [-0.4, -0.2) is 46.9 Å². The van der Waals surface area contributed by atoms with Gasteiger partial charge in [-0.1, -0.05) is 229 Å². The van der Waals surface area contributed by atoms with Crippen molar-refractivity contribution in [2.24, 2.45) is 0 Å². The first kappa shape index (κ1) is 53.3. The lowest BCUT2D eigenvalue weighted by atomic mass is 10.0. The van der Waals surface area contributed by atoms with Crippen molar-refractivity contribution in [1.82, 2.24) is 5.32 Å². The van der Waals surface area contributed by atoms with E-state index in [9.17, 15) is 19.8 Å². The molecule has 3 atom stereocenters. The molecule has 0 aromatic carbocycles. The minimum absolute atomic E-state index is 0.0254. The molecule has 0 aromatic heterocycles. The van der Waals surface area contributed by atoms with Crippen molar-refractivity contribution < 1.29 is 24.5 Å². The lowest BCUT2D eigenvalue weighted by molar-refractivity contribution is -0.151. The maximum Gasteiger partial charge on any atom is 0.306 e. The van der Waals surface area contributed by atoms with Crippen LogP contribution in [0.2, 0.25) is 0 Å². The van der Waals surface area contributed by atoms with Gasteiger partial charge in [0.05, 0.1) is 25.2 Å². The zero-order valence-electron chi connectivity index (χ0n) is 36.5. The smallest absolute Gasteiger partial charge is 0.306 e. The second-order valence-corrected chi connectivity index (χ2v) is 15.6. The van der Waals surface area contributed by atoms with E-state index in [0.29, 0.717) is 19.3 Å². The largest absolute Gasteiger partial charge is 0.462 e. The number of amides is 1. The third kappa shape index (κ3) is 38.2. The molecule has 0 aliphatic heterocycles. The van der Waals surface area contributed by atoms with E-state index < -0.39 is 18.2 Å². The summed E-state index contributed by atoms with van der Waals surface area (Å²) in [6.07, 6.45) is 53.9. The highest BCUT2D eigenvalue weighted by Gasteiger charge is 2.24. The van der Waals surface area contributed by atoms with Crippen molar-refractivity contribution in [2.45, 2.75) is 225 Å². The van der Waals surface area contributed by atoms with Crippen LogP contribution in [0.1, 0.15) is 207 Å². The van der Waals surface area contributed by atoms with Crippen molar-refractivity contribution in [3.05, 3.63) is 72.9 Å². The molecule has 0 saturated carbocycles. The van der Waals surface area contributed by atoms with Gasteiger partial charge >= 0.3 is 5.97 Å². The molecular weight excluding hydrogens is 695 g/mol. The Labute approximate surface area is 345 Å². The van der Waals surface area contributed by atoms with Crippen LogP contribution in [0.5, 0.6) is 0 Å². The second-order valence-electron chi connectivity index (χ2n) is 15.6. The predicted octanol–water partition coefficient (Wildman–Crippen LogP) is 13.4. The number of carbonyl (C=O) groups excluding carboxylic acids is 2. The third-order valence-corrected chi connectivity index (χ3v) is 10.2. The van der Waals surface area contributed by atoms with Crippen LogP contribution in [0.25, 0.3) is 0 Å². The summed E-state index contributed by atoms with van der Waals surface area (Å²) in [6.45, 7) is 6.28. The number of unbranched alkanes of at least 4 members (excludes halogenated alkanes) is 21. The van der Waals surface area contributed by atoms with Gasteiger partial charge in [-0.15, -0.1) is 0 Å². The first-order valence-corrected chi connectivity index (χ1v) is 23.2. The number of hydrogen-bond acceptors (Lipinski definition) is 5. The maximum atomic E-state index is 13.1. The quantitative estimate of drug-likeness (QED) is 0.0327. The fourth-order valence-electron chi connectivity index (χ4n) is 6.70. The fraction of sp³-hybridized carbons (Fsp3) is 0.720. The van der Waals surface area contributed by atoms with Crippen LogP contribution in [0.4, 0.5) is 0 Å². The Morgan fingerprint density at radius 3 is 1.43 bits per heavy atom. The number of aliphatic hydroxyl groups is 2. The van der Waals surface area contributed by atoms with Gasteiger partial charge in [0.2, 0.25) is 5.91 Å². The number of esters is 1. The third-order valence-electron chi connectivity index (χ3n) is 10.2. The normalized spacial score (nSPS) is 14.0. The average Bonchev–Trinajstić information content (AvgIpc) is 3.19. The van der Waals surface area contributed by atoms with E-state index in [1.165, 1.54) is 103 Å². The summed E-state index contributed by atoms with van der Waals surface area (Å²) < 4.78 is 5.87. The van der Waals surface area contributed by atoms with Gasteiger partial charge in [0.15, 0.2) is 0 Å². The number of rotatable bonds is 40. The molecule has 0 aliphatic carbocycles. The van der Waals surface area contributed by atoms with E-state index in [-0.39, 0.29) is 24.9 Å². The standard InChI is InChI=1S/C50H87NO5/c1-4-7-10-13-16-19-21-23-24-26-27-30-32-35-38-41-46(56-50(55)43-40-37-34-31-28-25-22-20-17-14-11-8-5-2)44-49(54)51-47(45-52)48(53)42-39-36-33-29-18-15-12-9-6-3/h7,10,13,16,19,21,23-24,26-27,30,32,46-48,52-53H,4-6,8-9,11-12,14-15,17-18,20,22,25,28-29,31,33-45H2,1-3H3,(H,51,54)/b10-7-,16-13+,21-19+,24-23-,27-26+,32-30+. The summed E-state index contributed by atoms with van der Waals surface area (Å²) in [6, 6.07) is -0.725. The summed E-state index contributed by atoms with van der Waals surface area (Å²) in [5.41, 5.74) is 0. The van der Waals surface area contributed by atoms with Gasteiger partial charge in [-0.3, -0.25) is 9.59 Å². The topological polar surface area (TPSA) is 95.9 Å². The molecule has 322 valence electrons. The summed E-state index contributed by atoms with van der Waals surface area (Å²) in [7, 11) is 0. The second kappa shape index (κ2) is 43.4. The molecule has 0 rings (SSSR count). The molecule has 0 fully saturated rings. The van der Waals surface area contributed by atoms with Crippen LogP contribution in [0, 0.1) is 0 Å². The van der Waals surface area contributed by atoms with Gasteiger partial charge in [0, 0.05) is 6.42 Å². The van der Waals surface area contributed by atoms with Crippen molar-refractivity contribution >= 4 is 11.9 Å². The summed E-state index contributed by atoms with van der Waals surface area (Å²) in [5.74, 6) is -0.552. The van der Waals surface area contributed by atoms with Crippen LogP contribution >= 0.6 is 0 Å². The van der Waals surface area contributed by atoms with Crippen LogP contribution < -0.4 is 5.32 Å². The number of hydrogen-bond donors (Lipinski definition) is 3. The van der Waals surface area contributed by atoms with Crippen molar-refractivity contribution in [2.75, 3.05) is 6.61 Å². The minimum Gasteiger partial charge on any atom is -0.462 e. The number of nitrogens with one attached hydrogen (secondary N) is 1. The number of carbonyl (C=O) groups is 2. The highest BCUT2D eigenvalue weighted by atomic mass is 16.5. The number of allylic oxidation sites excluding steroid dienone is 12. The summed E-state index contributed by atoms with van der Waals surface area (Å²) >= 11 is 0. The predicted molar refractivity (Wildman–Crippen MR) is 241 cm³/mol. The lowest BCUT2D eigenvalue weighted by Crippen LogP contribution is -2.46. The minimum atomic E-state index is -0.807. The molecule has 0 bridgehead atoms. The molecular formula is C50H87NO5. The van der Waals surface area contributed by atoms with Crippen LogP contribution in [0.15, 0.2) is 72.9 Å². The van der Waals surface area contributed by atoms with Gasteiger partial charge in [0.25, 0.3) is 0 Å². The first-order valence-electron chi connectivity index (χ1n) is 23.2. The van der Waals surface area contributed by atoms with E-state index >= 15 is 0 Å². The van der Waals surface area contributed by atoms with E-state index in [1.54, 1.807) is 0 Å². The molecule has 3 unspecified atom stereocenters. The van der Waals surface area contributed by atoms with Crippen molar-refractivity contribution in [3.8, 4) is 0 Å². The van der Waals surface area contributed by atoms with Crippen LogP contribution in [-0.2, 0) is 14.3 Å². The lowest BCUT2D eigenvalue weighted by Gasteiger charge is -2.24. The van der Waals surface area contributed by atoms with E-state index in [0.717, 1.165) is 57.8 Å². The first-order chi connectivity index (χ1) is 27.5. The average molecular weight is 782 g/mol. The highest BCUT2D eigenvalue weighted by molar-refractivity contribution is 5.77. The van der Waals surface area contributed by atoms with Crippen molar-refractivity contribution in [3.63, 3.8) is 0 Å². The molecule has 3 N–H and O–H groups in total. The maximum absolute atomic E-state index is 13.1. The Hall–Kier alpha value is -2.70. The Kier molecular flexibility index (Phi) is 41.3. The zero-order chi connectivity index (χ0) is 41.0. The fourth-order valence-corrected chi connectivity index (χ4v) is 6.70. The number of ether oxygens (including phenoxy) is 1. The Balaban J connectivity index is 4.77. The van der Waals surface area contributed by atoms with Gasteiger partial charge < -0.3 is 20.3 Å². The molecule has 6 nitrogen and oxygen atoms in total. The van der Waals surface area contributed by atoms with Gasteiger partial charge in [0.1, 0.15) is 6.10 Å². The molecule has 6 heteroatoms. The molecule has 0 heterocycles. The Morgan fingerprint density at radius 2 is 0.964 bits per heavy atom.